The van der Waals surface area contributed by atoms with Gasteiger partial charge in [0.25, 0.3) is 0 Å². The van der Waals surface area contributed by atoms with Gasteiger partial charge in [0.1, 0.15) is 0 Å². The second-order valence-corrected chi connectivity index (χ2v) is 4.55. The first-order chi connectivity index (χ1) is 9.66. The van der Waals surface area contributed by atoms with Gasteiger partial charge in [-0.2, -0.15) is 5.10 Å². The van der Waals surface area contributed by atoms with Crippen LogP contribution in [0.3, 0.4) is 0 Å². The summed E-state index contributed by atoms with van der Waals surface area (Å²) in [5, 5.41) is 7.17. The minimum atomic E-state index is -0.414. The number of carbonyl (C=O) groups excluding carboxylic acids is 1. The molecule has 0 heterocycles. The topological polar surface area (TPSA) is 53.5 Å². The summed E-state index contributed by atoms with van der Waals surface area (Å²) in [5.41, 5.74) is 4.79. The van der Waals surface area contributed by atoms with E-state index < -0.39 is 6.03 Å². The summed E-state index contributed by atoms with van der Waals surface area (Å²) in [4.78, 5) is 11.7. The van der Waals surface area contributed by atoms with Crippen LogP contribution in [-0.2, 0) is 0 Å². The zero-order chi connectivity index (χ0) is 14.4. The molecule has 0 aliphatic heterocycles. The van der Waals surface area contributed by atoms with Gasteiger partial charge < -0.3 is 5.32 Å². The Balaban J connectivity index is 1.93. The molecule has 2 aromatic rings. The lowest BCUT2D eigenvalue weighted by Gasteiger charge is -2.08. The predicted molar refractivity (Wildman–Crippen MR) is 82.4 cm³/mol. The minimum absolute atomic E-state index is 0.414. The standard InChI is InChI=1S/C15H14ClN3O/c1-11-13(16)8-5-9-14(11)18-15(20)19-17-10-12-6-3-2-4-7-12/h2-10H,1H3,(H2,18,19,20)/b17-10-. The van der Waals surface area contributed by atoms with E-state index in [0.29, 0.717) is 10.7 Å². The van der Waals surface area contributed by atoms with Crippen molar-refractivity contribution >= 4 is 29.5 Å². The fourth-order valence-corrected chi connectivity index (χ4v) is 1.77. The Bertz CT molecular complexity index is 626. The normalized spacial score (nSPS) is 10.5. The molecule has 0 spiro atoms. The number of anilines is 1. The number of hydrazone groups is 1. The molecular formula is C15H14ClN3O. The van der Waals surface area contributed by atoms with Crippen LogP contribution in [0.1, 0.15) is 11.1 Å². The van der Waals surface area contributed by atoms with Crippen LogP contribution in [0.5, 0.6) is 0 Å². The molecule has 0 saturated heterocycles. The maximum absolute atomic E-state index is 11.7. The second-order valence-electron chi connectivity index (χ2n) is 4.15. The number of carbonyl (C=O) groups is 1. The van der Waals surface area contributed by atoms with E-state index >= 15 is 0 Å². The third kappa shape index (κ3) is 3.83. The molecule has 0 unspecified atom stereocenters. The smallest absolute Gasteiger partial charge is 0.306 e. The van der Waals surface area contributed by atoms with Crippen LogP contribution in [0.4, 0.5) is 10.5 Å². The highest BCUT2D eigenvalue weighted by Gasteiger charge is 2.05. The van der Waals surface area contributed by atoms with E-state index in [-0.39, 0.29) is 0 Å². The summed E-state index contributed by atoms with van der Waals surface area (Å²) < 4.78 is 0. The number of amides is 2. The number of nitrogens with one attached hydrogen (secondary N) is 2. The molecule has 0 aliphatic carbocycles. The first kappa shape index (κ1) is 14.1. The Morgan fingerprint density at radius 2 is 1.90 bits per heavy atom. The maximum atomic E-state index is 11.7. The molecule has 2 N–H and O–H groups in total. The molecule has 2 rings (SSSR count). The Kier molecular flexibility index (Phi) is 4.74. The number of benzene rings is 2. The van der Waals surface area contributed by atoms with Crippen molar-refractivity contribution in [1.82, 2.24) is 5.43 Å². The molecule has 2 aromatic carbocycles. The van der Waals surface area contributed by atoms with E-state index in [2.05, 4.69) is 15.8 Å². The quantitative estimate of drug-likeness (QED) is 0.655. The van der Waals surface area contributed by atoms with Crippen molar-refractivity contribution in [2.24, 2.45) is 5.10 Å². The van der Waals surface area contributed by atoms with E-state index in [9.17, 15) is 4.79 Å². The van der Waals surface area contributed by atoms with Crippen molar-refractivity contribution in [2.75, 3.05) is 5.32 Å². The molecule has 0 saturated carbocycles. The van der Waals surface area contributed by atoms with Gasteiger partial charge in [0.2, 0.25) is 0 Å². The Labute approximate surface area is 122 Å². The van der Waals surface area contributed by atoms with Gasteiger partial charge in [-0.25, -0.2) is 10.2 Å². The number of hydrogen-bond donors (Lipinski definition) is 2. The van der Waals surface area contributed by atoms with Gasteiger partial charge in [-0.05, 0) is 30.2 Å². The third-order valence-electron chi connectivity index (χ3n) is 2.70. The molecular weight excluding hydrogens is 274 g/mol. The molecule has 4 nitrogen and oxygen atoms in total. The van der Waals surface area contributed by atoms with Crippen LogP contribution < -0.4 is 10.7 Å². The van der Waals surface area contributed by atoms with Crippen LogP contribution in [0.2, 0.25) is 5.02 Å². The summed E-state index contributed by atoms with van der Waals surface area (Å²) in [6, 6.07) is 14.4. The highest BCUT2D eigenvalue weighted by Crippen LogP contribution is 2.22. The average molecular weight is 288 g/mol. The van der Waals surface area contributed by atoms with Crippen LogP contribution >= 0.6 is 11.6 Å². The van der Waals surface area contributed by atoms with Crippen LogP contribution in [0, 0.1) is 6.92 Å². The van der Waals surface area contributed by atoms with Crippen molar-refractivity contribution in [3.05, 3.63) is 64.7 Å². The highest BCUT2D eigenvalue weighted by atomic mass is 35.5. The zero-order valence-electron chi connectivity index (χ0n) is 10.9. The van der Waals surface area contributed by atoms with E-state index in [4.69, 9.17) is 11.6 Å². The number of urea groups is 1. The Morgan fingerprint density at radius 1 is 1.15 bits per heavy atom. The molecule has 0 bridgehead atoms. The van der Waals surface area contributed by atoms with Gasteiger partial charge in [0.05, 0.1) is 6.21 Å². The molecule has 0 aliphatic rings. The van der Waals surface area contributed by atoms with Crippen LogP contribution in [0.15, 0.2) is 53.6 Å². The van der Waals surface area contributed by atoms with E-state index in [0.717, 1.165) is 11.1 Å². The number of hydrogen-bond acceptors (Lipinski definition) is 2. The van der Waals surface area contributed by atoms with Gasteiger partial charge in [0.15, 0.2) is 0 Å². The van der Waals surface area contributed by atoms with Gasteiger partial charge in [-0.1, -0.05) is 48.0 Å². The number of nitrogens with zero attached hydrogens (tertiary/aromatic N) is 1. The molecule has 102 valence electrons. The lowest BCUT2D eigenvalue weighted by Crippen LogP contribution is -2.24. The molecule has 20 heavy (non-hydrogen) atoms. The SMILES string of the molecule is Cc1c(Cl)cccc1NC(=O)N/N=C\c1ccccc1. The van der Waals surface area contributed by atoms with E-state index in [1.165, 1.54) is 0 Å². The van der Waals surface area contributed by atoms with Gasteiger partial charge in [-0.15, -0.1) is 0 Å². The fraction of sp³-hybridized carbons (Fsp3) is 0.0667. The summed E-state index contributed by atoms with van der Waals surface area (Å²) in [5.74, 6) is 0. The number of halogens is 1. The molecule has 5 heteroatoms. The van der Waals surface area contributed by atoms with Crippen LogP contribution in [-0.4, -0.2) is 12.2 Å². The van der Waals surface area contributed by atoms with Crippen molar-refractivity contribution in [2.45, 2.75) is 6.92 Å². The van der Waals surface area contributed by atoms with Gasteiger partial charge >= 0.3 is 6.03 Å². The van der Waals surface area contributed by atoms with Crippen molar-refractivity contribution < 1.29 is 4.79 Å². The largest absolute Gasteiger partial charge is 0.339 e. The maximum Gasteiger partial charge on any atom is 0.339 e. The summed E-state index contributed by atoms with van der Waals surface area (Å²) in [6.07, 6.45) is 1.57. The summed E-state index contributed by atoms with van der Waals surface area (Å²) >= 11 is 5.98. The molecule has 0 radical (unpaired) electrons. The van der Waals surface area contributed by atoms with E-state index in [1.54, 1.807) is 24.4 Å². The van der Waals surface area contributed by atoms with Crippen LogP contribution in [0.25, 0.3) is 0 Å². The predicted octanol–water partition coefficient (Wildman–Crippen LogP) is 3.80. The van der Waals surface area contributed by atoms with Crippen molar-refractivity contribution in [1.29, 1.82) is 0 Å². The average Bonchev–Trinajstić information content (AvgIpc) is 2.45. The van der Waals surface area contributed by atoms with Crippen molar-refractivity contribution in [3.8, 4) is 0 Å². The monoisotopic (exact) mass is 287 g/mol. The molecule has 0 aromatic heterocycles. The van der Waals surface area contributed by atoms with Gasteiger partial charge in [-0.3, -0.25) is 0 Å². The lowest BCUT2D eigenvalue weighted by atomic mass is 10.2. The van der Waals surface area contributed by atoms with E-state index in [1.807, 2.05) is 37.3 Å². The first-order valence-corrected chi connectivity index (χ1v) is 6.45. The fourth-order valence-electron chi connectivity index (χ4n) is 1.60. The highest BCUT2D eigenvalue weighted by molar-refractivity contribution is 6.31. The Hall–Kier alpha value is -2.33. The third-order valence-corrected chi connectivity index (χ3v) is 3.10. The minimum Gasteiger partial charge on any atom is -0.306 e. The second kappa shape index (κ2) is 6.73. The Morgan fingerprint density at radius 3 is 2.65 bits per heavy atom. The summed E-state index contributed by atoms with van der Waals surface area (Å²) in [6.45, 7) is 1.84. The van der Waals surface area contributed by atoms with Gasteiger partial charge in [0, 0.05) is 10.7 Å². The number of rotatable bonds is 3. The lowest BCUT2D eigenvalue weighted by molar-refractivity contribution is 0.252. The van der Waals surface area contributed by atoms with Crippen molar-refractivity contribution in [3.63, 3.8) is 0 Å². The first-order valence-electron chi connectivity index (χ1n) is 6.07. The summed E-state index contributed by atoms with van der Waals surface area (Å²) in [7, 11) is 0. The molecule has 0 fully saturated rings. The zero-order valence-corrected chi connectivity index (χ0v) is 11.7. The molecule has 2 amide bonds. The molecule has 0 atom stereocenters.